The Bertz CT molecular complexity index is 910. The highest BCUT2D eigenvalue weighted by Gasteiger charge is 2.11. The summed E-state index contributed by atoms with van der Waals surface area (Å²) in [5, 5.41) is 6.58. The maximum absolute atomic E-state index is 12.5. The molecule has 1 amide bonds. The number of anilines is 3. The van der Waals surface area contributed by atoms with Gasteiger partial charge in [-0.3, -0.25) is 4.79 Å². The van der Waals surface area contributed by atoms with Crippen molar-refractivity contribution in [2.75, 3.05) is 10.6 Å². The lowest BCUT2D eigenvalue weighted by atomic mass is 10.2. The quantitative estimate of drug-likeness (QED) is 0.711. The number of nitrogens with zero attached hydrogens (tertiary/aromatic N) is 2. The molecule has 0 radical (unpaired) electrons. The summed E-state index contributed by atoms with van der Waals surface area (Å²) in [7, 11) is 0. The Hall–Kier alpha value is -2.92. The van der Waals surface area contributed by atoms with Crippen LogP contribution >= 0.6 is 11.6 Å². The van der Waals surface area contributed by atoms with Crippen LogP contribution in [0, 0.1) is 13.8 Å². The van der Waals surface area contributed by atoms with E-state index in [9.17, 15) is 4.79 Å². The van der Waals surface area contributed by atoms with Crippen LogP contribution in [0.15, 0.2) is 54.6 Å². The summed E-state index contributed by atoms with van der Waals surface area (Å²) in [4.78, 5) is 21.1. The number of nitrogens with one attached hydrogen (secondary N) is 2. The number of carbonyl (C=O) groups excluding carboxylic acids is 1. The number of carbonyl (C=O) groups is 1. The Labute approximate surface area is 151 Å². The molecule has 1 heterocycles. The van der Waals surface area contributed by atoms with Crippen molar-refractivity contribution in [3.8, 4) is 0 Å². The van der Waals surface area contributed by atoms with Crippen LogP contribution in [-0.2, 0) is 0 Å². The maximum atomic E-state index is 12.5. The van der Waals surface area contributed by atoms with Crippen molar-refractivity contribution in [2.45, 2.75) is 13.8 Å². The number of benzene rings is 2. The summed E-state index contributed by atoms with van der Waals surface area (Å²) < 4.78 is 0. The van der Waals surface area contributed by atoms with Gasteiger partial charge >= 0.3 is 0 Å². The predicted octanol–water partition coefficient (Wildman–Crippen LogP) is 4.74. The highest BCUT2D eigenvalue weighted by atomic mass is 35.5. The monoisotopic (exact) mass is 352 g/mol. The molecule has 0 fully saturated rings. The van der Waals surface area contributed by atoms with Gasteiger partial charge in [-0.2, -0.15) is 0 Å². The lowest BCUT2D eigenvalue weighted by Crippen LogP contribution is -2.15. The van der Waals surface area contributed by atoms with E-state index in [1.165, 1.54) is 0 Å². The molecule has 0 saturated carbocycles. The van der Waals surface area contributed by atoms with Gasteiger partial charge in [0.05, 0.1) is 0 Å². The summed E-state index contributed by atoms with van der Waals surface area (Å²) in [5.41, 5.74) is 3.58. The molecule has 0 saturated heterocycles. The molecule has 3 aromatic rings. The van der Waals surface area contributed by atoms with Crippen LogP contribution in [0.3, 0.4) is 0 Å². The molecule has 126 valence electrons. The summed E-state index contributed by atoms with van der Waals surface area (Å²) in [6.07, 6.45) is 0. The largest absolute Gasteiger partial charge is 0.324 e. The van der Waals surface area contributed by atoms with Crippen LogP contribution in [0.4, 0.5) is 17.3 Å². The SMILES string of the molecule is Cc1cccc(NC(=O)c2cc(C)nc(Nc3ccc(Cl)cc3)n2)c1. The zero-order chi connectivity index (χ0) is 17.8. The van der Waals surface area contributed by atoms with Crippen LogP contribution < -0.4 is 10.6 Å². The highest BCUT2D eigenvalue weighted by molar-refractivity contribution is 6.30. The van der Waals surface area contributed by atoms with Gasteiger partial charge in [0.15, 0.2) is 0 Å². The maximum Gasteiger partial charge on any atom is 0.274 e. The first kappa shape index (κ1) is 16.9. The smallest absolute Gasteiger partial charge is 0.274 e. The number of rotatable bonds is 4. The zero-order valence-corrected chi connectivity index (χ0v) is 14.6. The topological polar surface area (TPSA) is 66.9 Å². The molecule has 6 heteroatoms. The second-order valence-corrected chi connectivity index (χ2v) is 6.11. The fourth-order valence-electron chi connectivity index (χ4n) is 2.32. The van der Waals surface area contributed by atoms with Gasteiger partial charge in [0.2, 0.25) is 5.95 Å². The van der Waals surface area contributed by atoms with Crippen molar-refractivity contribution in [3.63, 3.8) is 0 Å². The van der Waals surface area contributed by atoms with E-state index in [-0.39, 0.29) is 5.91 Å². The summed E-state index contributed by atoms with van der Waals surface area (Å²) in [6, 6.07) is 16.4. The molecule has 0 atom stereocenters. The van der Waals surface area contributed by atoms with Gasteiger partial charge in [0, 0.05) is 22.1 Å². The Morgan fingerprint density at radius 2 is 1.72 bits per heavy atom. The Morgan fingerprint density at radius 1 is 0.960 bits per heavy atom. The molecule has 0 aliphatic heterocycles. The van der Waals surface area contributed by atoms with Gasteiger partial charge in [-0.15, -0.1) is 0 Å². The Balaban J connectivity index is 1.80. The summed E-state index contributed by atoms with van der Waals surface area (Å²) in [5.74, 6) is 0.0759. The zero-order valence-electron chi connectivity index (χ0n) is 13.9. The molecule has 0 aliphatic carbocycles. The van der Waals surface area contributed by atoms with E-state index in [0.29, 0.717) is 22.4 Å². The van der Waals surface area contributed by atoms with Crippen molar-refractivity contribution < 1.29 is 4.79 Å². The molecule has 5 nitrogen and oxygen atoms in total. The van der Waals surface area contributed by atoms with Gasteiger partial charge in [0.1, 0.15) is 5.69 Å². The minimum absolute atomic E-state index is 0.282. The van der Waals surface area contributed by atoms with Gasteiger partial charge < -0.3 is 10.6 Å². The number of aryl methyl sites for hydroxylation is 2. The molecule has 2 aromatic carbocycles. The van der Waals surface area contributed by atoms with E-state index in [2.05, 4.69) is 20.6 Å². The molecule has 0 bridgehead atoms. The predicted molar refractivity (Wildman–Crippen MR) is 101 cm³/mol. The third kappa shape index (κ3) is 4.55. The number of hydrogen-bond acceptors (Lipinski definition) is 4. The van der Waals surface area contributed by atoms with Gasteiger partial charge in [-0.1, -0.05) is 23.7 Å². The summed E-state index contributed by atoms with van der Waals surface area (Å²) >= 11 is 5.88. The van der Waals surface area contributed by atoms with Gasteiger partial charge in [-0.25, -0.2) is 9.97 Å². The first-order valence-electron chi connectivity index (χ1n) is 7.76. The van der Waals surface area contributed by atoms with Gasteiger partial charge in [0.25, 0.3) is 5.91 Å². The van der Waals surface area contributed by atoms with Crippen molar-refractivity contribution in [1.82, 2.24) is 9.97 Å². The molecular weight excluding hydrogens is 336 g/mol. The van der Waals surface area contributed by atoms with Crippen molar-refractivity contribution in [2.24, 2.45) is 0 Å². The standard InChI is InChI=1S/C19H17ClN4O/c1-12-4-3-5-16(10-12)22-18(25)17-11-13(2)21-19(24-17)23-15-8-6-14(20)7-9-15/h3-11H,1-2H3,(H,22,25)(H,21,23,24). The minimum Gasteiger partial charge on any atom is -0.324 e. The van der Waals surface area contributed by atoms with Crippen LogP contribution in [0.1, 0.15) is 21.7 Å². The lowest BCUT2D eigenvalue weighted by molar-refractivity contribution is 0.102. The Kier molecular flexibility index (Phi) is 4.95. The normalized spacial score (nSPS) is 10.4. The van der Waals surface area contributed by atoms with Crippen LogP contribution in [0.5, 0.6) is 0 Å². The van der Waals surface area contributed by atoms with Gasteiger partial charge in [-0.05, 0) is 61.9 Å². The second kappa shape index (κ2) is 7.32. The second-order valence-electron chi connectivity index (χ2n) is 5.67. The molecule has 0 unspecified atom stereocenters. The molecule has 0 aliphatic rings. The molecule has 3 rings (SSSR count). The van der Waals surface area contributed by atoms with Crippen molar-refractivity contribution in [1.29, 1.82) is 0 Å². The fourth-order valence-corrected chi connectivity index (χ4v) is 2.45. The number of aromatic nitrogens is 2. The van der Waals surface area contributed by atoms with Crippen LogP contribution in [0.2, 0.25) is 5.02 Å². The molecule has 1 aromatic heterocycles. The summed E-state index contributed by atoms with van der Waals surface area (Å²) in [6.45, 7) is 3.79. The van der Waals surface area contributed by atoms with E-state index in [1.54, 1.807) is 18.2 Å². The average molecular weight is 353 g/mol. The number of halogens is 1. The third-order valence-electron chi connectivity index (χ3n) is 3.46. The molecular formula is C19H17ClN4O. The van der Waals surface area contributed by atoms with Crippen molar-refractivity contribution in [3.05, 3.63) is 76.6 Å². The van der Waals surface area contributed by atoms with Crippen molar-refractivity contribution >= 4 is 34.8 Å². The lowest BCUT2D eigenvalue weighted by Gasteiger charge is -2.09. The van der Waals surface area contributed by atoms with E-state index in [0.717, 1.165) is 16.9 Å². The van der Waals surface area contributed by atoms with E-state index in [1.807, 2.05) is 50.2 Å². The first-order valence-corrected chi connectivity index (χ1v) is 8.14. The fraction of sp³-hybridized carbons (Fsp3) is 0.105. The van der Waals surface area contributed by atoms with E-state index in [4.69, 9.17) is 11.6 Å². The number of hydrogen-bond donors (Lipinski definition) is 2. The Morgan fingerprint density at radius 3 is 2.44 bits per heavy atom. The third-order valence-corrected chi connectivity index (χ3v) is 3.72. The molecule has 25 heavy (non-hydrogen) atoms. The first-order chi connectivity index (χ1) is 12.0. The van der Waals surface area contributed by atoms with Crippen LogP contribution in [0.25, 0.3) is 0 Å². The highest BCUT2D eigenvalue weighted by Crippen LogP contribution is 2.18. The molecule has 2 N–H and O–H groups in total. The van der Waals surface area contributed by atoms with E-state index < -0.39 is 0 Å². The minimum atomic E-state index is -0.282. The average Bonchev–Trinajstić information content (AvgIpc) is 2.56. The van der Waals surface area contributed by atoms with Crippen LogP contribution in [-0.4, -0.2) is 15.9 Å². The van der Waals surface area contributed by atoms with E-state index >= 15 is 0 Å². The number of amides is 1. The molecule has 0 spiro atoms.